The predicted octanol–water partition coefficient (Wildman–Crippen LogP) is 3.38. The van der Waals surface area contributed by atoms with Crippen molar-refractivity contribution < 1.29 is 9.59 Å². The molecule has 6 rings (SSSR count). The molecule has 1 saturated carbocycles. The van der Waals surface area contributed by atoms with Crippen LogP contribution in [0.5, 0.6) is 0 Å². The summed E-state index contributed by atoms with van der Waals surface area (Å²) in [6.45, 7) is 6.34. The Balaban J connectivity index is 1.34. The molecule has 1 aromatic carbocycles. The van der Waals surface area contributed by atoms with Crippen LogP contribution in [0.1, 0.15) is 34.8 Å². The minimum absolute atomic E-state index is 0.0138. The normalized spacial score (nSPS) is 20.4. The number of benzene rings is 1. The maximum Gasteiger partial charge on any atom is 0.256 e. The van der Waals surface area contributed by atoms with E-state index < -0.39 is 0 Å². The van der Waals surface area contributed by atoms with E-state index in [1.165, 1.54) is 12.4 Å². The SMILES string of the molecule is C=CC(=O)N1CC2CC1C(n1nc(-c3ccc(C(=O)Nc4cc(C)ccn4)cc3)c3c(N)ncnc31)C2. The number of aryl methyl sites for hydroxylation is 1. The first-order valence-electron chi connectivity index (χ1n) is 12.2. The van der Waals surface area contributed by atoms with Gasteiger partial charge in [0.1, 0.15) is 23.7 Å². The first kappa shape index (κ1) is 22.8. The molecule has 3 unspecified atom stereocenters. The number of aromatic nitrogens is 5. The number of piperidine rings is 1. The van der Waals surface area contributed by atoms with Gasteiger partial charge >= 0.3 is 0 Å². The highest BCUT2D eigenvalue weighted by Gasteiger charge is 2.48. The highest BCUT2D eigenvalue weighted by atomic mass is 16.2. The molecular formula is C27H26N8O2. The van der Waals surface area contributed by atoms with Crippen molar-refractivity contribution in [3.8, 4) is 11.3 Å². The summed E-state index contributed by atoms with van der Waals surface area (Å²) in [7, 11) is 0. The van der Waals surface area contributed by atoms with E-state index in [0.29, 0.717) is 39.8 Å². The summed E-state index contributed by atoms with van der Waals surface area (Å²) in [5.41, 5.74) is 9.87. The lowest BCUT2D eigenvalue weighted by molar-refractivity contribution is -0.128. The molecule has 3 N–H and O–H groups in total. The van der Waals surface area contributed by atoms with E-state index in [9.17, 15) is 9.59 Å². The second-order valence-electron chi connectivity index (χ2n) is 9.67. The van der Waals surface area contributed by atoms with Gasteiger partial charge in [-0.3, -0.25) is 9.59 Å². The number of rotatable bonds is 5. The third-order valence-corrected chi connectivity index (χ3v) is 7.32. The van der Waals surface area contributed by atoms with Crippen LogP contribution in [0.15, 0.2) is 61.6 Å². The van der Waals surface area contributed by atoms with Crippen LogP contribution in [-0.4, -0.2) is 54.0 Å². The molecule has 0 radical (unpaired) electrons. The van der Waals surface area contributed by atoms with Gasteiger partial charge in [-0.05, 0) is 61.6 Å². The number of nitrogens with zero attached hydrogens (tertiary/aromatic N) is 6. The van der Waals surface area contributed by atoms with Crippen LogP contribution in [0, 0.1) is 12.8 Å². The van der Waals surface area contributed by atoms with E-state index in [0.717, 1.165) is 30.5 Å². The largest absolute Gasteiger partial charge is 0.383 e. The monoisotopic (exact) mass is 494 g/mol. The Kier molecular flexibility index (Phi) is 5.44. The Morgan fingerprint density at radius 1 is 1.11 bits per heavy atom. The summed E-state index contributed by atoms with van der Waals surface area (Å²) in [6.07, 6.45) is 6.31. The zero-order valence-electron chi connectivity index (χ0n) is 20.3. The average Bonchev–Trinajstić information content (AvgIpc) is 3.62. The van der Waals surface area contributed by atoms with Crippen LogP contribution in [0.2, 0.25) is 0 Å². The summed E-state index contributed by atoms with van der Waals surface area (Å²) in [6, 6.07) is 10.9. The Morgan fingerprint density at radius 3 is 2.62 bits per heavy atom. The summed E-state index contributed by atoms with van der Waals surface area (Å²) >= 11 is 0. The van der Waals surface area contributed by atoms with Gasteiger partial charge in [-0.1, -0.05) is 18.7 Å². The van der Waals surface area contributed by atoms with Gasteiger partial charge in [0.05, 0.1) is 17.5 Å². The van der Waals surface area contributed by atoms with Crippen LogP contribution >= 0.6 is 0 Å². The van der Waals surface area contributed by atoms with Crippen molar-refractivity contribution in [1.29, 1.82) is 0 Å². The van der Waals surface area contributed by atoms with Crippen molar-refractivity contribution in [2.75, 3.05) is 17.6 Å². The molecular weight excluding hydrogens is 468 g/mol. The molecule has 2 aliphatic rings. The van der Waals surface area contributed by atoms with E-state index in [1.54, 1.807) is 18.3 Å². The molecule has 4 aromatic rings. The molecule has 0 spiro atoms. The molecule has 4 heterocycles. The molecule has 1 aliphatic heterocycles. The number of nitrogens with two attached hydrogens (primary N) is 1. The molecule has 10 nitrogen and oxygen atoms in total. The lowest BCUT2D eigenvalue weighted by atomic mass is 10.1. The van der Waals surface area contributed by atoms with Crippen molar-refractivity contribution >= 4 is 34.5 Å². The highest BCUT2D eigenvalue weighted by molar-refractivity contribution is 6.04. The van der Waals surface area contributed by atoms with Crippen LogP contribution in [0.3, 0.4) is 0 Å². The number of pyridine rings is 1. The van der Waals surface area contributed by atoms with Gasteiger partial charge in [0.25, 0.3) is 5.91 Å². The van der Waals surface area contributed by atoms with E-state index in [2.05, 4.69) is 26.8 Å². The number of amides is 2. The second kappa shape index (κ2) is 8.81. The fourth-order valence-corrected chi connectivity index (χ4v) is 5.63. The van der Waals surface area contributed by atoms with Gasteiger partial charge in [0.2, 0.25) is 5.91 Å². The van der Waals surface area contributed by atoms with Crippen LogP contribution in [0.25, 0.3) is 22.3 Å². The number of hydrogen-bond acceptors (Lipinski definition) is 7. The zero-order chi connectivity index (χ0) is 25.7. The van der Waals surface area contributed by atoms with Gasteiger partial charge < -0.3 is 16.0 Å². The number of nitrogens with one attached hydrogen (secondary N) is 1. The van der Waals surface area contributed by atoms with Crippen molar-refractivity contribution in [3.05, 3.63) is 72.7 Å². The van der Waals surface area contributed by atoms with E-state index in [4.69, 9.17) is 10.8 Å². The van der Waals surface area contributed by atoms with E-state index in [1.807, 2.05) is 40.8 Å². The summed E-state index contributed by atoms with van der Waals surface area (Å²) in [5, 5.41) is 8.44. The minimum Gasteiger partial charge on any atom is -0.383 e. The van der Waals surface area contributed by atoms with Crippen LogP contribution in [0.4, 0.5) is 11.6 Å². The summed E-state index contributed by atoms with van der Waals surface area (Å²) in [4.78, 5) is 40.0. The molecule has 3 aromatic heterocycles. The smallest absolute Gasteiger partial charge is 0.256 e. The highest BCUT2D eigenvalue weighted by Crippen LogP contribution is 2.46. The van der Waals surface area contributed by atoms with E-state index >= 15 is 0 Å². The van der Waals surface area contributed by atoms with Crippen LogP contribution < -0.4 is 11.1 Å². The predicted molar refractivity (Wildman–Crippen MR) is 140 cm³/mol. The van der Waals surface area contributed by atoms with Crippen LogP contribution in [-0.2, 0) is 4.79 Å². The third-order valence-electron chi connectivity index (χ3n) is 7.32. The molecule has 186 valence electrons. The van der Waals surface area contributed by atoms with Gasteiger partial charge in [-0.2, -0.15) is 5.10 Å². The molecule has 3 atom stereocenters. The maximum atomic E-state index is 12.8. The second-order valence-corrected chi connectivity index (χ2v) is 9.67. The fraction of sp³-hybridized carbons (Fsp3) is 0.259. The quantitative estimate of drug-likeness (QED) is 0.407. The lowest BCUT2D eigenvalue weighted by Gasteiger charge is -2.32. The Morgan fingerprint density at radius 2 is 1.89 bits per heavy atom. The van der Waals surface area contributed by atoms with Crippen molar-refractivity contribution in [2.45, 2.75) is 31.8 Å². The standard InChI is InChI=1S/C27H26N8O2/c1-3-22(36)34-13-16-11-19(34)20(12-16)35-26-23(25(28)30-14-31-26)24(33-35)17-4-6-18(7-5-17)27(37)32-21-10-15(2)8-9-29-21/h3-10,14,16,19-20H,1,11-13H2,2H3,(H2,28,30,31)(H,29,32,37). The number of nitrogen functional groups attached to an aromatic ring is 1. The molecule has 2 bridgehead atoms. The lowest BCUT2D eigenvalue weighted by Crippen LogP contribution is -2.42. The first-order chi connectivity index (χ1) is 17.9. The van der Waals surface area contributed by atoms with Gasteiger partial charge in [-0.15, -0.1) is 0 Å². The Hall–Kier alpha value is -4.60. The van der Waals surface area contributed by atoms with Gasteiger partial charge in [0.15, 0.2) is 5.65 Å². The van der Waals surface area contributed by atoms with Crippen molar-refractivity contribution in [1.82, 2.24) is 29.6 Å². The molecule has 2 fully saturated rings. The maximum absolute atomic E-state index is 12.8. The van der Waals surface area contributed by atoms with E-state index in [-0.39, 0.29) is 23.9 Å². The first-order valence-corrected chi connectivity index (χ1v) is 12.2. The zero-order valence-corrected chi connectivity index (χ0v) is 20.3. The average molecular weight is 495 g/mol. The molecule has 10 heteroatoms. The minimum atomic E-state index is -0.253. The number of likely N-dealkylation sites (tertiary alicyclic amines) is 1. The molecule has 1 aliphatic carbocycles. The topological polar surface area (TPSA) is 132 Å². The third kappa shape index (κ3) is 3.90. The van der Waals surface area contributed by atoms with Gasteiger partial charge in [0, 0.05) is 23.9 Å². The molecule has 1 saturated heterocycles. The van der Waals surface area contributed by atoms with Crippen molar-refractivity contribution in [3.63, 3.8) is 0 Å². The van der Waals surface area contributed by atoms with Crippen molar-refractivity contribution in [2.24, 2.45) is 5.92 Å². The number of carbonyl (C=O) groups excluding carboxylic acids is 2. The number of fused-ring (bicyclic) bond motifs is 3. The Bertz CT molecular complexity index is 1540. The Labute approximate surface area is 213 Å². The number of anilines is 2. The van der Waals surface area contributed by atoms with Gasteiger partial charge in [-0.25, -0.2) is 19.6 Å². The summed E-state index contributed by atoms with van der Waals surface area (Å²) in [5.74, 6) is 0.940. The molecule has 2 amide bonds. The number of hydrogen-bond donors (Lipinski definition) is 2. The molecule has 37 heavy (non-hydrogen) atoms. The summed E-state index contributed by atoms with van der Waals surface area (Å²) < 4.78 is 1.90. The fourth-order valence-electron chi connectivity index (χ4n) is 5.63. The number of carbonyl (C=O) groups is 2.